The van der Waals surface area contributed by atoms with Crippen LogP contribution in [0.15, 0.2) is 12.1 Å². The lowest BCUT2D eigenvalue weighted by Gasteiger charge is -2.33. The number of aliphatic hydroxyl groups is 1. The number of aromatic amines is 2. The van der Waals surface area contributed by atoms with Gasteiger partial charge in [0.1, 0.15) is 5.69 Å². The van der Waals surface area contributed by atoms with E-state index in [-0.39, 0.29) is 29.9 Å². The van der Waals surface area contributed by atoms with Gasteiger partial charge in [0.25, 0.3) is 0 Å². The molecule has 1 saturated heterocycles. The number of aromatic nitrogens is 3. The predicted octanol–water partition coefficient (Wildman–Crippen LogP) is 4.27. The largest absolute Gasteiger partial charge is 0.395 e. The van der Waals surface area contributed by atoms with Gasteiger partial charge in [-0.2, -0.15) is 5.10 Å². The van der Waals surface area contributed by atoms with Crippen LogP contribution in [0, 0.1) is 18.3 Å². The van der Waals surface area contributed by atoms with E-state index in [1.807, 2.05) is 4.90 Å². The van der Waals surface area contributed by atoms with Crippen LogP contribution in [-0.4, -0.2) is 63.5 Å². The zero-order chi connectivity index (χ0) is 24.3. The molecule has 1 amide bonds. The van der Waals surface area contributed by atoms with Gasteiger partial charge in [0.05, 0.1) is 18.3 Å². The zero-order valence-corrected chi connectivity index (χ0v) is 21.1. The van der Waals surface area contributed by atoms with Crippen molar-refractivity contribution < 1.29 is 14.6 Å². The fourth-order valence-corrected chi connectivity index (χ4v) is 5.06. The molecular formula is C27H40N4O3. The van der Waals surface area contributed by atoms with E-state index in [2.05, 4.69) is 61.1 Å². The highest BCUT2D eigenvalue weighted by atomic mass is 16.5. The molecule has 2 aliphatic rings. The second-order valence-electron chi connectivity index (χ2n) is 11.1. The van der Waals surface area contributed by atoms with Crippen molar-refractivity contribution >= 4 is 12.0 Å². The van der Waals surface area contributed by atoms with E-state index in [9.17, 15) is 9.90 Å². The lowest BCUT2D eigenvalue weighted by atomic mass is 9.88. The van der Waals surface area contributed by atoms with Crippen LogP contribution in [0.25, 0.3) is 17.5 Å². The molecule has 4 rings (SSSR count). The van der Waals surface area contributed by atoms with Crippen LogP contribution in [0.4, 0.5) is 0 Å². The third kappa shape index (κ3) is 5.81. The van der Waals surface area contributed by atoms with Crippen LogP contribution < -0.4 is 0 Å². The summed E-state index contributed by atoms with van der Waals surface area (Å²) in [7, 11) is 0. The number of hydrogen-bond acceptors (Lipinski definition) is 4. The van der Waals surface area contributed by atoms with Crippen LogP contribution in [0.5, 0.6) is 0 Å². The standard InChI is InChI=1S/C27H40N4O3/c1-18-22(9-10-27(2,3)4)26(30-29-18)24-15-20-7-8-21(16-23(20)28-24)31(11-12-32)25(33)14-19-6-5-13-34-17-19/h7-8,15,19,21,28,32H,5-6,9-14,16-17H2,1-4H3,(H,29,30). The van der Waals surface area contributed by atoms with E-state index in [4.69, 9.17) is 4.74 Å². The summed E-state index contributed by atoms with van der Waals surface area (Å²) in [6, 6.07) is 2.10. The van der Waals surface area contributed by atoms with Gasteiger partial charge < -0.3 is 19.7 Å². The van der Waals surface area contributed by atoms with Crippen LogP contribution in [-0.2, 0) is 22.4 Å². The molecule has 0 aromatic carbocycles. The van der Waals surface area contributed by atoms with Crippen molar-refractivity contribution in [2.24, 2.45) is 11.3 Å². The van der Waals surface area contributed by atoms with Gasteiger partial charge in [0, 0.05) is 49.6 Å². The number of aryl methyl sites for hydroxylation is 1. The van der Waals surface area contributed by atoms with Crippen molar-refractivity contribution in [3.8, 4) is 11.4 Å². The molecule has 0 bridgehead atoms. The Morgan fingerprint density at radius 2 is 2.18 bits per heavy atom. The van der Waals surface area contributed by atoms with Crippen molar-refractivity contribution in [3.63, 3.8) is 0 Å². The Morgan fingerprint density at radius 1 is 1.35 bits per heavy atom. The third-order valence-corrected chi connectivity index (χ3v) is 7.08. The topological polar surface area (TPSA) is 94.2 Å². The summed E-state index contributed by atoms with van der Waals surface area (Å²) in [5.41, 5.74) is 6.91. The predicted molar refractivity (Wildman–Crippen MR) is 134 cm³/mol. The van der Waals surface area contributed by atoms with Gasteiger partial charge in [-0.05, 0) is 55.6 Å². The highest BCUT2D eigenvalue weighted by molar-refractivity contribution is 5.78. The first-order chi connectivity index (χ1) is 16.2. The van der Waals surface area contributed by atoms with E-state index in [1.54, 1.807) is 0 Å². The normalized spacial score (nSPS) is 20.4. The highest BCUT2D eigenvalue weighted by Crippen LogP contribution is 2.32. The number of carbonyl (C=O) groups is 1. The summed E-state index contributed by atoms with van der Waals surface area (Å²) >= 11 is 0. The number of fused-ring (bicyclic) bond motifs is 1. The molecule has 34 heavy (non-hydrogen) atoms. The highest BCUT2D eigenvalue weighted by Gasteiger charge is 2.29. The van der Waals surface area contributed by atoms with Crippen LogP contribution >= 0.6 is 0 Å². The van der Waals surface area contributed by atoms with Crippen molar-refractivity contribution in [2.45, 2.75) is 72.3 Å². The summed E-state index contributed by atoms with van der Waals surface area (Å²) in [5, 5.41) is 17.4. The number of H-pyrrole nitrogens is 2. The van der Waals surface area contributed by atoms with Crippen LogP contribution in [0.1, 0.15) is 69.0 Å². The first-order valence-electron chi connectivity index (χ1n) is 12.7. The average Bonchev–Trinajstić information content (AvgIpc) is 3.38. The molecule has 1 aliphatic carbocycles. The second-order valence-corrected chi connectivity index (χ2v) is 11.1. The summed E-state index contributed by atoms with van der Waals surface area (Å²) in [5.74, 6) is 0.374. The molecule has 7 nitrogen and oxygen atoms in total. The van der Waals surface area contributed by atoms with Gasteiger partial charge in [-0.25, -0.2) is 0 Å². The molecule has 3 heterocycles. The minimum Gasteiger partial charge on any atom is -0.395 e. The fraction of sp³-hybridized carbons (Fsp3) is 0.630. The number of aliphatic hydroxyl groups excluding tert-OH is 1. The van der Waals surface area contributed by atoms with Crippen LogP contribution in [0.3, 0.4) is 0 Å². The Balaban J connectivity index is 1.49. The lowest BCUT2D eigenvalue weighted by molar-refractivity contribution is -0.135. The molecule has 0 spiro atoms. The maximum atomic E-state index is 13.1. The maximum absolute atomic E-state index is 13.1. The number of carbonyl (C=O) groups excluding carboxylic acids is 1. The Bertz CT molecular complexity index is 1010. The molecule has 2 aromatic heterocycles. The number of rotatable bonds is 8. The quantitative estimate of drug-likeness (QED) is 0.539. The summed E-state index contributed by atoms with van der Waals surface area (Å²) in [4.78, 5) is 18.6. The minimum atomic E-state index is -0.0653. The molecule has 3 N–H and O–H groups in total. The monoisotopic (exact) mass is 468 g/mol. The van der Waals surface area contributed by atoms with Crippen molar-refractivity contribution in [1.29, 1.82) is 0 Å². The molecule has 1 fully saturated rings. The Hall–Kier alpha value is -2.38. The molecule has 0 saturated carbocycles. The number of nitrogens with zero attached hydrogens (tertiary/aromatic N) is 2. The van der Waals surface area contributed by atoms with Gasteiger partial charge in [-0.3, -0.25) is 9.89 Å². The second kappa shape index (κ2) is 10.5. The third-order valence-electron chi connectivity index (χ3n) is 7.08. The SMILES string of the molecule is Cc1[nH]nc(-c2cc3c([nH]2)CC(N(CCO)C(=O)CC2CCCOC2)C=C3)c1CCC(C)(C)C. The molecule has 2 unspecified atom stereocenters. The summed E-state index contributed by atoms with van der Waals surface area (Å²) < 4.78 is 5.56. The number of ether oxygens (including phenoxy) is 1. The van der Waals surface area contributed by atoms with Gasteiger partial charge in [0.2, 0.25) is 5.91 Å². The maximum Gasteiger partial charge on any atom is 0.223 e. The van der Waals surface area contributed by atoms with Gasteiger partial charge in [0.15, 0.2) is 0 Å². The smallest absolute Gasteiger partial charge is 0.223 e. The molecule has 2 aromatic rings. The number of hydrogen-bond donors (Lipinski definition) is 3. The molecule has 0 radical (unpaired) electrons. The molecule has 186 valence electrons. The van der Waals surface area contributed by atoms with Crippen LogP contribution in [0.2, 0.25) is 0 Å². The lowest BCUT2D eigenvalue weighted by Crippen LogP contribution is -2.44. The number of amides is 1. The Labute approximate surface area is 203 Å². The first kappa shape index (κ1) is 24.7. The minimum absolute atomic E-state index is 0.0379. The van der Waals surface area contributed by atoms with E-state index in [1.165, 1.54) is 5.56 Å². The van der Waals surface area contributed by atoms with E-state index >= 15 is 0 Å². The van der Waals surface area contributed by atoms with E-state index < -0.39 is 0 Å². The molecule has 1 aliphatic heterocycles. The van der Waals surface area contributed by atoms with Crippen molar-refractivity contribution in [2.75, 3.05) is 26.4 Å². The molecule has 7 heteroatoms. The summed E-state index contributed by atoms with van der Waals surface area (Å²) in [6.07, 6.45) is 9.50. The Kier molecular flexibility index (Phi) is 7.63. The number of nitrogens with one attached hydrogen (secondary N) is 2. The van der Waals surface area contributed by atoms with Gasteiger partial charge >= 0.3 is 0 Å². The average molecular weight is 469 g/mol. The first-order valence-corrected chi connectivity index (χ1v) is 12.7. The van der Waals surface area contributed by atoms with Gasteiger partial charge in [-0.15, -0.1) is 0 Å². The van der Waals surface area contributed by atoms with E-state index in [0.717, 1.165) is 60.6 Å². The van der Waals surface area contributed by atoms with Crippen molar-refractivity contribution in [3.05, 3.63) is 34.7 Å². The fourth-order valence-electron chi connectivity index (χ4n) is 5.06. The van der Waals surface area contributed by atoms with Crippen molar-refractivity contribution in [1.82, 2.24) is 20.1 Å². The zero-order valence-electron chi connectivity index (χ0n) is 21.1. The van der Waals surface area contributed by atoms with E-state index in [0.29, 0.717) is 26.0 Å². The molecular weight excluding hydrogens is 428 g/mol. The van der Waals surface area contributed by atoms with Gasteiger partial charge in [-0.1, -0.05) is 32.9 Å². The summed E-state index contributed by atoms with van der Waals surface area (Å²) in [6.45, 7) is 10.6. The Morgan fingerprint density at radius 3 is 2.88 bits per heavy atom. The molecule has 2 atom stereocenters.